The molecule has 0 saturated carbocycles. The lowest BCUT2D eigenvalue weighted by atomic mass is 9.83. The first kappa shape index (κ1) is 21.1. The zero-order valence-electron chi connectivity index (χ0n) is 17.6. The summed E-state index contributed by atoms with van der Waals surface area (Å²) in [7, 11) is 1.37. The third-order valence-electron chi connectivity index (χ3n) is 5.56. The van der Waals surface area contributed by atoms with Crippen molar-refractivity contribution in [2.45, 2.75) is 32.1 Å². The maximum absolute atomic E-state index is 12.9. The van der Waals surface area contributed by atoms with E-state index in [0.717, 1.165) is 29.7 Å². The lowest BCUT2D eigenvalue weighted by Crippen LogP contribution is -2.16. The molecule has 2 aromatic carbocycles. The molecule has 0 spiro atoms. The molecule has 1 aliphatic carbocycles. The van der Waals surface area contributed by atoms with Crippen molar-refractivity contribution in [1.29, 1.82) is 0 Å². The Labute approximate surface area is 186 Å². The number of nitrogens with one attached hydrogen (secondary N) is 1. The van der Waals surface area contributed by atoms with Gasteiger partial charge in [-0.2, -0.15) is 0 Å². The molecule has 5 nitrogen and oxygen atoms in total. The highest BCUT2D eigenvalue weighted by Crippen LogP contribution is 2.42. The lowest BCUT2D eigenvalue weighted by Gasteiger charge is -2.22. The Balaban J connectivity index is 1.62. The minimum atomic E-state index is -0.408. The summed E-state index contributed by atoms with van der Waals surface area (Å²) in [5, 5.41) is 3.50. The molecule has 6 heteroatoms. The quantitative estimate of drug-likeness (QED) is 0.522. The van der Waals surface area contributed by atoms with E-state index < -0.39 is 5.97 Å². The second-order valence-electron chi connectivity index (χ2n) is 7.46. The fraction of sp³-hybridized carbons (Fsp3) is 0.280. The van der Waals surface area contributed by atoms with Crippen LogP contribution in [0.1, 0.15) is 56.0 Å². The number of ether oxygens (including phenoxy) is 2. The molecule has 0 fully saturated rings. The first-order valence-corrected chi connectivity index (χ1v) is 11.2. The molecule has 1 N–H and O–H groups in total. The Morgan fingerprint density at radius 1 is 1.13 bits per heavy atom. The Bertz CT molecular complexity index is 1090. The Hall–Kier alpha value is -3.12. The van der Waals surface area contributed by atoms with Crippen LogP contribution < -0.4 is 10.1 Å². The summed E-state index contributed by atoms with van der Waals surface area (Å²) in [6, 6.07) is 17.5. The van der Waals surface area contributed by atoms with Gasteiger partial charge in [0, 0.05) is 10.4 Å². The molecule has 3 aromatic rings. The smallest absolute Gasteiger partial charge is 0.341 e. The van der Waals surface area contributed by atoms with E-state index in [2.05, 4.69) is 29.6 Å². The van der Waals surface area contributed by atoms with Gasteiger partial charge >= 0.3 is 5.97 Å². The fourth-order valence-corrected chi connectivity index (χ4v) is 5.38. The van der Waals surface area contributed by atoms with E-state index in [4.69, 9.17) is 9.47 Å². The maximum atomic E-state index is 12.9. The lowest BCUT2D eigenvalue weighted by molar-refractivity contribution is 0.0601. The van der Waals surface area contributed by atoms with Crippen molar-refractivity contribution in [2.24, 2.45) is 0 Å². The summed E-state index contributed by atoms with van der Waals surface area (Å²) in [5.74, 6) is 0.364. The number of fused-ring (bicyclic) bond motifs is 1. The van der Waals surface area contributed by atoms with Crippen LogP contribution in [0.25, 0.3) is 0 Å². The molecule has 1 atom stereocenters. The number of carbonyl (C=O) groups excluding carboxylic acids is 2. The molecule has 0 bridgehead atoms. The minimum Gasteiger partial charge on any atom is -0.494 e. The fourth-order valence-electron chi connectivity index (χ4n) is 4.07. The van der Waals surface area contributed by atoms with Gasteiger partial charge in [-0.1, -0.05) is 36.4 Å². The van der Waals surface area contributed by atoms with Crippen LogP contribution in [0.4, 0.5) is 5.00 Å². The Kier molecular flexibility index (Phi) is 6.37. The summed E-state index contributed by atoms with van der Waals surface area (Å²) in [6.45, 7) is 2.42. The van der Waals surface area contributed by atoms with Gasteiger partial charge in [0.25, 0.3) is 5.91 Å². The van der Waals surface area contributed by atoms with Crippen molar-refractivity contribution in [3.05, 3.63) is 81.7 Å². The normalized spacial score (nSPS) is 15.1. The van der Waals surface area contributed by atoms with Gasteiger partial charge in [-0.3, -0.25) is 4.79 Å². The first-order valence-electron chi connectivity index (χ1n) is 10.4. The standard InChI is InChI=1S/C25H25NO4S/c1-3-30-19-11-7-10-18(14-19)23(27)26-24-22(25(28)29-2)20-13-12-17(15-21(20)31-24)16-8-5-4-6-9-16/h4-11,14,17H,3,12-13,15H2,1-2H3,(H,26,27)/t17-/m1/s1. The number of carbonyl (C=O) groups is 2. The SMILES string of the molecule is CCOc1cccc(C(=O)Nc2sc3c(c2C(=O)OC)CC[C@@H](c2ccccc2)C3)c1. The maximum Gasteiger partial charge on any atom is 0.341 e. The van der Waals surface area contributed by atoms with Crippen molar-refractivity contribution in [1.82, 2.24) is 0 Å². The van der Waals surface area contributed by atoms with Crippen LogP contribution >= 0.6 is 11.3 Å². The molecule has 1 aliphatic rings. The highest BCUT2D eigenvalue weighted by Gasteiger charge is 2.30. The van der Waals surface area contributed by atoms with Gasteiger partial charge in [0.05, 0.1) is 19.3 Å². The average Bonchev–Trinajstić information content (AvgIpc) is 3.16. The topological polar surface area (TPSA) is 64.6 Å². The molecule has 1 heterocycles. The Morgan fingerprint density at radius 2 is 1.94 bits per heavy atom. The first-order chi connectivity index (χ1) is 15.1. The van der Waals surface area contributed by atoms with Gasteiger partial charge in [0.15, 0.2) is 0 Å². The van der Waals surface area contributed by atoms with Gasteiger partial charge < -0.3 is 14.8 Å². The van der Waals surface area contributed by atoms with E-state index in [1.807, 2.05) is 19.1 Å². The summed E-state index contributed by atoms with van der Waals surface area (Å²) < 4.78 is 10.5. The predicted octanol–water partition coefficient (Wildman–Crippen LogP) is 5.46. The molecule has 31 heavy (non-hydrogen) atoms. The van der Waals surface area contributed by atoms with Crippen molar-refractivity contribution in [2.75, 3.05) is 19.0 Å². The Morgan fingerprint density at radius 3 is 2.68 bits per heavy atom. The highest BCUT2D eigenvalue weighted by atomic mass is 32.1. The second kappa shape index (κ2) is 9.35. The van der Waals surface area contributed by atoms with E-state index in [1.54, 1.807) is 18.2 Å². The largest absolute Gasteiger partial charge is 0.494 e. The summed E-state index contributed by atoms with van der Waals surface area (Å²) in [5.41, 5.74) is 3.28. The molecule has 0 aliphatic heterocycles. The van der Waals surface area contributed by atoms with Crippen LogP contribution in [0.15, 0.2) is 54.6 Å². The van der Waals surface area contributed by atoms with Gasteiger partial charge in [-0.15, -0.1) is 11.3 Å². The van der Waals surface area contributed by atoms with Gasteiger partial charge in [0.2, 0.25) is 0 Å². The van der Waals surface area contributed by atoms with Crippen molar-refractivity contribution in [3.8, 4) is 5.75 Å². The van der Waals surface area contributed by atoms with E-state index in [9.17, 15) is 9.59 Å². The van der Waals surface area contributed by atoms with Crippen molar-refractivity contribution in [3.63, 3.8) is 0 Å². The highest BCUT2D eigenvalue weighted by molar-refractivity contribution is 7.17. The summed E-state index contributed by atoms with van der Waals surface area (Å²) in [6.07, 6.45) is 2.59. The van der Waals surface area contributed by atoms with Gasteiger partial charge in [-0.05, 0) is 61.4 Å². The molecule has 0 radical (unpaired) electrons. The third-order valence-corrected chi connectivity index (χ3v) is 6.73. The number of rotatable bonds is 6. The molecule has 0 saturated heterocycles. The second-order valence-corrected chi connectivity index (χ2v) is 8.57. The molecule has 4 rings (SSSR count). The number of methoxy groups -OCH3 is 1. The zero-order valence-corrected chi connectivity index (χ0v) is 18.5. The van der Waals surface area contributed by atoms with E-state index in [0.29, 0.717) is 34.4 Å². The van der Waals surface area contributed by atoms with Crippen LogP contribution in [0.2, 0.25) is 0 Å². The van der Waals surface area contributed by atoms with Crippen LogP contribution in [0.5, 0.6) is 5.75 Å². The van der Waals surface area contributed by atoms with Crippen LogP contribution in [-0.4, -0.2) is 25.6 Å². The number of benzene rings is 2. The molecule has 0 unspecified atom stereocenters. The van der Waals surface area contributed by atoms with E-state index in [1.165, 1.54) is 24.0 Å². The van der Waals surface area contributed by atoms with E-state index >= 15 is 0 Å². The minimum absolute atomic E-state index is 0.273. The van der Waals surface area contributed by atoms with Crippen LogP contribution in [0.3, 0.4) is 0 Å². The number of amides is 1. The molecule has 1 aromatic heterocycles. The van der Waals surface area contributed by atoms with Crippen LogP contribution in [-0.2, 0) is 17.6 Å². The number of esters is 1. The third kappa shape index (κ3) is 4.49. The number of hydrogen-bond acceptors (Lipinski definition) is 5. The van der Waals surface area contributed by atoms with Gasteiger partial charge in [-0.25, -0.2) is 4.79 Å². The number of hydrogen-bond donors (Lipinski definition) is 1. The zero-order chi connectivity index (χ0) is 21.8. The average molecular weight is 436 g/mol. The van der Waals surface area contributed by atoms with E-state index in [-0.39, 0.29) is 5.91 Å². The summed E-state index contributed by atoms with van der Waals surface area (Å²) >= 11 is 1.48. The summed E-state index contributed by atoms with van der Waals surface area (Å²) in [4.78, 5) is 26.6. The van der Waals surface area contributed by atoms with Crippen LogP contribution in [0, 0.1) is 0 Å². The number of thiophene rings is 1. The molecule has 1 amide bonds. The monoisotopic (exact) mass is 435 g/mol. The molecular weight excluding hydrogens is 410 g/mol. The van der Waals surface area contributed by atoms with Crippen molar-refractivity contribution >= 4 is 28.2 Å². The number of anilines is 1. The molecular formula is C25H25NO4S. The predicted molar refractivity (Wildman–Crippen MR) is 122 cm³/mol. The van der Waals surface area contributed by atoms with Gasteiger partial charge in [0.1, 0.15) is 10.8 Å². The molecule has 160 valence electrons. The van der Waals surface area contributed by atoms with Crippen molar-refractivity contribution < 1.29 is 19.1 Å².